The van der Waals surface area contributed by atoms with E-state index in [9.17, 15) is 8.42 Å². The van der Waals surface area contributed by atoms with Gasteiger partial charge in [-0.15, -0.1) is 0 Å². The molecule has 0 saturated carbocycles. The van der Waals surface area contributed by atoms with Gasteiger partial charge in [0.15, 0.2) is 17.4 Å². The SMILES string of the molecule is CCOc1cnc(-c2cccc(NS(C)(=O)=O)c2)nc1N1CCOCC1. The number of morpholine rings is 1. The van der Waals surface area contributed by atoms with E-state index in [0.29, 0.717) is 37.1 Å². The molecule has 0 unspecified atom stereocenters. The van der Waals surface area contributed by atoms with Gasteiger partial charge in [-0.25, -0.2) is 18.4 Å². The van der Waals surface area contributed by atoms with E-state index in [2.05, 4.69) is 19.6 Å². The molecule has 0 bridgehead atoms. The number of hydrogen-bond donors (Lipinski definition) is 1. The van der Waals surface area contributed by atoms with Crippen molar-refractivity contribution in [3.05, 3.63) is 30.5 Å². The minimum atomic E-state index is -3.35. The number of ether oxygens (including phenoxy) is 2. The molecule has 3 rings (SSSR count). The summed E-state index contributed by atoms with van der Waals surface area (Å²) in [6.07, 6.45) is 2.77. The molecule has 2 aromatic rings. The molecule has 0 radical (unpaired) electrons. The first-order valence-corrected chi connectivity index (χ1v) is 10.3. The number of aromatic nitrogens is 2. The number of hydrogen-bond acceptors (Lipinski definition) is 7. The highest BCUT2D eigenvalue weighted by atomic mass is 32.2. The molecule has 1 aromatic heterocycles. The molecule has 1 saturated heterocycles. The van der Waals surface area contributed by atoms with Crippen molar-refractivity contribution in [2.75, 3.05) is 48.8 Å². The van der Waals surface area contributed by atoms with E-state index in [-0.39, 0.29) is 0 Å². The monoisotopic (exact) mass is 378 g/mol. The lowest BCUT2D eigenvalue weighted by Gasteiger charge is -2.29. The Balaban J connectivity index is 1.96. The Morgan fingerprint density at radius 1 is 1.31 bits per heavy atom. The Labute approximate surface area is 153 Å². The summed E-state index contributed by atoms with van der Waals surface area (Å²) in [5, 5.41) is 0. The van der Waals surface area contributed by atoms with Gasteiger partial charge < -0.3 is 14.4 Å². The van der Waals surface area contributed by atoms with Crippen molar-refractivity contribution in [3.63, 3.8) is 0 Å². The van der Waals surface area contributed by atoms with Crippen LogP contribution >= 0.6 is 0 Å². The van der Waals surface area contributed by atoms with Crippen molar-refractivity contribution < 1.29 is 17.9 Å². The number of benzene rings is 1. The lowest BCUT2D eigenvalue weighted by atomic mass is 10.2. The first-order chi connectivity index (χ1) is 12.5. The van der Waals surface area contributed by atoms with E-state index < -0.39 is 10.0 Å². The molecule has 8 nitrogen and oxygen atoms in total. The van der Waals surface area contributed by atoms with Crippen LogP contribution in [0.2, 0.25) is 0 Å². The standard InChI is InChI=1S/C17H22N4O4S/c1-3-25-15-12-18-16(19-17(15)21-7-9-24-10-8-21)13-5-4-6-14(11-13)20-26(2,22)23/h4-6,11-12,20H,3,7-10H2,1-2H3. The predicted molar refractivity (Wildman–Crippen MR) is 100 cm³/mol. The molecule has 1 aliphatic rings. The van der Waals surface area contributed by atoms with Gasteiger partial charge in [0.1, 0.15) is 0 Å². The van der Waals surface area contributed by atoms with Gasteiger partial charge in [-0.2, -0.15) is 0 Å². The van der Waals surface area contributed by atoms with Crippen molar-refractivity contribution >= 4 is 21.5 Å². The molecule has 1 aliphatic heterocycles. The number of nitrogens with one attached hydrogen (secondary N) is 1. The van der Waals surface area contributed by atoms with Gasteiger partial charge in [0.2, 0.25) is 10.0 Å². The Hall–Kier alpha value is -2.39. The fourth-order valence-corrected chi connectivity index (χ4v) is 3.25. The van der Waals surface area contributed by atoms with E-state index in [0.717, 1.165) is 30.7 Å². The highest BCUT2D eigenvalue weighted by molar-refractivity contribution is 7.92. The normalized spacial score (nSPS) is 14.9. The maximum atomic E-state index is 11.4. The molecule has 9 heteroatoms. The average molecular weight is 378 g/mol. The Bertz CT molecular complexity index is 867. The van der Waals surface area contributed by atoms with Crippen LogP contribution in [0.4, 0.5) is 11.5 Å². The summed E-state index contributed by atoms with van der Waals surface area (Å²) >= 11 is 0. The molecule has 0 atom stereocenters. The molecular formula is C17H22N4O4S. The third-order valence-corrected chi connectivity index (χ3v) is 4.38. The van der Waals surface area contributed by atoms with Gasteiger partial charge in [0.05, 0.1) is 32.3 Å². The van der Waals surface area contributed by atoms with E-state index in [4.69, 9.17) is 9.47 Å². The number of anilines is 2. The predicted octanol–water partition coefficient (Wildman–Crippen LogP) is 1.75. The van der Waals surface area contributed by atoms with Crippen LogP contribution in [0, 0.1) is 0 Å². The molecule has 140 valence electrons. The summed E-state index contributed by atoms with van der Waals surface area (Å²) in [5.74, 6) is 1.86. The largest absolute Gasteiger partial charge is 0.488 e. The summed E-state index contributed by atoms with van der Waals surface area (Å²) in [5.41, 5.74) is 1.19. The van der Waals surface area contributed by atoms with Crippen LogP contribution in [0.3, 0.4) is 0 Å². The molecule has 2 heterocycles. The second-order valence-electron chi connectivity index (χ2n) is 5.87. The Kier molecular flexibility index (Phi) is 5.58. The molecule has 0 amide bonds. The molecule has 0 aliphatic carbocycles. The maximum Gasteiger partial charge on any atom is 0.229 e. The van der Waals surface area contributed by atoms with E-state index in [1.54, 1.807) is 24.4 Å². The number of sulfonamides is 1. The van der Waals surface area contributed by atoms with Crippen molar-refractivity contribution in [1.82, 2.24) is 9.97 Å². The van der Waals surface area contributed by atoms with E-state index >= 15 is 0 Å². The minimum Gasteiger partial charge on any atom is -0.488 e. The second-order valence-corrected chi connectivity index (χ2v) is 7.62. The molecular weight excluding hydrogens is 356 g/mol. The van der Waals surface area contributed by atoms with Gasteiger partial charge in [-0.3, -0.25) is 4.72 Å². The van der Waals surface area contributed by atoms with Crippen LogP contribution in [0.25, 0.3) is 11.4 Å². The fourth-order valence-electron chi connectivity index (χ4n) is 2.70. The average Bonchev–Trinajstić information content (AvgIpc) is 2.62. The summed E-state index contributed by atoms with van der Waals surface area (Å²) in [7, 11) is -3.35. The number of nitrogens with zero attached hydrogens (tertiary/aromatic N) is 3. The molecule has 1 fully saturated rings. The van der Waals surface area contributed by atoms with Crippen LogP contribution in [-0.2, 0) is 14.8 Å². The summed E-state index contributed by atoms with van der Waals surface area (Å²) in [6, 6.07) is 6.99. The molecule has 1 aromatic carbocycles. The van der Waals surface area contributed by atoms with Crippen molar-refractivity contribution in [2.24, 2.45) is 0 Å². The topological polar surface area (TPSA) is 93.6 Å². The third kappa shape index (κ3) is 4.61. The smallest absolute Gasteiger partial charge is 0.229 e. The van der Waals surface area contributed by atoms with Crippen LogP contribution in [-0.4, -0.2) is 57.6 Å². The number of rotatable bonds is 6. The summed E-state index contributed by atoms with van der Waals surface area (Å²) < 4.78 is 36.4. The van der Waals surface area contributed by atoms with Crippen LogP contribution < -0.4 is 14.4 Å². The first kappa shape index (κ1) is 18.4. The van der Waals surface area contributed by atoms with E-state index in [1.807, 2.05) is 13.0 Å². The summed E-state index contributed by atoms with van der Waals surface area (Å²) in [6.45, 7) is 5.17. The van der Waals surface area contributed by atoms with Gasteiger partial charge in [0, 0.05) is 24.3 Å². The zero-order valence-corrected chi connectivity index (χ0v) is 15.6. The van der Waals surface area contributed by atoms with Crippen molar-refractivity contribution in [3.8, 4) is 17.1 Å². The molecule has 0 spiro atoms. The molecule has 1 N–H and O–H groups in total. The Morgan fingerprint density at radius 3 is 2.77 bits per heavy atom. The van der Waals surface area contributed by atoms with Crippen molar-refractivity contribution in [2.45, 2.75) is 6.92 Å². The Morgan fingerprint density at radius 2 is 2.08 bits per heavy atom. The quantitative estimate of drug-likeness (QED) is 0.818. The second kappa shape index (κ2) is 7.88. The zero-order chi connectivity index (χ0) is 18.6. The minimum absolute atomic E-state index is 0.468. The van der Waals surface area contributed by atoms with Crippen LogP contribution in [0.15, 0.2) is 30.5 Å². The van der Waals surface area contributed by atoms with Crippen LogP contribution in [0.1, 0.15) is 6.92 Å². The third-order valence-electron chi connectivity index (χ3n) is 3.77. The van der Waals surface area contributed by atoms with Gasteiger partial charge in [-0.1, -0.05) is 12.1 Å². The highest BCUT2D eigenvalue weighted by Crippen LogP contribution is 2.29. The van der Waals surface area contributed by atoms with Gasteiger partial charge in [-0.05, 0) is 19.1 Å². The summed E-state index contributed by atoms with van der Waals surface area (Å²) in [4.78, 5) is 11.2. The fraction of sp³-hybridized carbons (Fsp3) is 0.412. The zero-order valence-electron chi connectivity index (χ0n) is 14.8. The first-order valence-electron chi connectivity index (χ1n) is 8.37. The molecule has 26 heavy (non-hydrogen) atoms. The highest BCUT2D eigenvalue weighted by Gasteiger charge is 2.19. The van der Waals surface area contributed by atoms with Crippen molar-refractivity contribution in [1.29, 1.82) is 0 Å². The van der Waals surface area contributed by atoms with Crippen LogP contribution in [0.5, 0.6) is 5.75 Å². The lowest BCUT2D eigenvalue weighted by molar-refractivity contribution is 0.122. The lowest BCUT2D eigenvalue weighted by Crippen LogP contribution is -2.37. The van der Waals surface area contributed by atoms with Gasteiger partial charge in [0.25, 0.3) is 0 Å². The van der Waals surface area contributed by atoms with Gasteiger partial charge >= 0.3 is 0 Å². The van der Waals surface area contributed by atoms with E-state index in [1.165, 1.54) is 0 Å². The maximum absolute atomic E-state index is 11.4.